The van der Waals surface area contributed by atoms with Crippen LogP contribution in [0.15, 0.2) is 45.6 Å². The first kappa shape index (κ1) is 16.8. The molecule has 0 radical (unpaired) electrons. The van der Waals surface area contributed by atoms with E-state index in [0.717, 1.165) is 44.2 Å². The van der Waals surface area contributed by atoms with E-state index >= 15 is 0 Å². The Morgan fingerprint density at radius 3 is 2.00 bits per heavy atom. The molecule has 3 heterocycles. The molecular weight excluding hydrogens is 306 g/mol. The molecule has 0 atom stereocenters. The molecule has 3 rings (SSSR count). The van der Waals surface area contributed by atoms with Gasteiger partial charge in [-0.25, -0.2) is 0 Å². The monoisotopic (exact) mass is 331 g/mol. The normalized spacial score (nSPS) is 16.4. The summed E-state index contributed by atoms with van der Waals surface area (Å²) in [5.41, 5.74) is 0. The number of amides is 1. The van der Waals surface area contributed by atoms with Crippen molar-refractivity contribution in [2.75, 3.05) is 39.3 Å². The number of nitrogens with zero attached hydrogens (tertiary/aromatic N) is 3. The molecule has 6 nitrogen and oxygen atoms in total. The van der Waals surface area contributed by atoms with E-state index in [1.807, 2.05) is 24.3 Å². The van der Waals surface area contributed by atoms with Crippen molar-refractivity contribution in [3.8, 4) is 0 Å². The van der Waals surface area contributed by atoms with Gasteiger partial charge in [0.2, 0.25) is 5.91 Å². The molecule has 0 saturated carbocycles. The minimum Gasteiger partial charge on any atom is -0.467 e. The molecule has 0 bridgehead atoms. The van der Waals surface area contributed by atoms with Crippen LogP contribution in [0.1, 0.15) is 18.4 Å². The van der Waals surface area contributed by atoms with Crippen LogP contribution in [-0.2, 0) is 17.9 Å². The van der Waals surface area contributed by atoms with E-state index in [2.05, 4.69) is 16.7 Å². The zero-order valence-corrected chi connectivity index (χ0v) is 14.2. The molecule has 2 aromatic heterocycles. The molecule has 0 spiro atoms. The van der Waals surface area contributed by atoms with Crippen molar-refractivity contribution < 1.29 is 13.6 Å². The van der Waals surface area contributed by atoms with Crippen LogP contribution in [0, 0.1) is 0 Å². The molecule has 0 aliphatic carbocycles. The summed E-state index contributed by atoms with van der Waals surface area (Å²) in [6.45, 7) is 8.55. The number of carbonyl (C=O) groups is 1. The van der Waals surface area contributed by atoms with Crippen LogP contribution in [0.25, 0.3) is 0 Å². The maximum atomic E-state index is 12.8. The lowest BCUT2D eigenvalue weighted by molar-refractivity contribution is -0.134. The van der Waals surface area contributed by atoms with Crippen molar-refractivity contribution in [3.63, 3.8) is 0 Å². The van der Waals surface area contributed by atoms with Crippen molar-refractivity contribution in [2.45, 2.75) is 20.0 Å². The van der Waals surface area contributed by atoms with Gasteiger partial charge in [-0.1, -0.05) is 6.92 Å². The van der Waals surface area contributed by atoms with Gasteiger partial charge in [0.25, 0.3) is 0 Å². The second kappa shape index (κ2) is 8.17. The summed E-state index contributed by atoms with van der Waals surface area (Å²) in [7, 11) is 0. The van der Waals surface area contributed by atoms with Gasteiger partial charge in [-0.05, 0) is 30.8 Å². The van der Waals surface area contributed by atoms with Crippen molar-refractivity contribution in [3.05, 3.63) is 48.3 Å². The molecule has 1 aliphatic rings. The van der Waals surface area contributed by atoms with Crippen LogP contribution in [0.4, 0.5) is 0 Å². The van der Waals surface area contributed by atoms with Gasteiger partial charge in [-0.3, -0.25) is 9.69 Å². The number of piperazine rings is 1. The first-order valence-corrected chi connectivity index (χ1v) is 8.52. The average molecular weight is 331 g/mol. The Labute approximate surface area is 142 Å². The summed E-state index contributed by atoms with van der Waals surface area (Å²) >= 11 is 0. The maximum absolute atomic E-state index is 12.8. The van der Waals surface area contributed by atoms with Crippen LogP contribution in [0.3, 0.4) is 0 Å². The average Bonchev–Trinajstić information content (AvgIpc) is 3.29. The molecule has 1 fully saturated rings. The highest BCUT2D eigenvalue weighted by Crippen LogP contribution is 2.12. The highest BCUT2D eigenvalue weighted by molar-refractivity contribution is 5.78. The van der Waals surface area contributed by atoms with Gasteiger partial charge in [0, 0.05) is 26.2 Å². The summed E-state index contributed by atoms with van der Waals surface area (Å²) in [5, 5.41) is 0. The number of rotatable bonds is 7. The quantitative estimate of drug-likeness (QED) is 0.777. The second-order valence-electron chi connectivity index (χ2n) is 6.12. The SMILES string of the molecule is CCN1CCN(CC(=O)N(Cc2ccco2)Cc2ccco2)CC1. The standard InChI is InChI=1S/C18H25N3O3/c1-2-19-7-9-20(10-8-19)15-18(22)21(13-16-5-3-11-23-16)14-17-6-4-12-24-17/h3-6,11-12H,2,7-10,13-15H2,1H3. The molecule has 130 valence electrons. The number of likely N-dealkylation sites (N-methyl/N-ethyl adjacent to an activating group) is 1. The Kier molecular flexibility index (Phi) is 5.72. The fourth-order valence-electron chi connectivity index (χ4n) is 2.97. The Morgan fingerprint density at radius 1 is 1.00 bits per heavy atom. The molecule has 2 aromatic rings. The van der Waals surface area contributed by atoms with Crippen LogP contribution in [0.5, 0.6) is 0 Å². The molecule has 1 aliphatic heterocycles. The Hall–Kier alpha value is -2.05. The highest BCUT2D eigenvalue weighted by atomic mass is 16.3. The summed E-state index contributed by atoms with van der Waals surface area (Å²) in [5.74, 6) is 1.67. The lowest BCUT2D eigenvalue weighted by Gasteiger charge is -2.34. The van der Waals surface area contributed by atoms with E-state index in [4.69, 9.17) is 8.83 Å². The molecule has 6 heteroatoms. The summed E-state index contributed by atoms with van der Waals surface area (Å²) < 4.78 is 10.8. The topological polar surface area (TPSA) is 53.1 Å². The van der Waals surface area contributed by atoms with E-state index in [-0.39, 0.29) is 5.91 Å². The van der Waals surface area contributed by atoms with Gasteiger partial charge < -0.3 is 18.6 Å². The number of hydrogen-bond donors (Lipinski definition) is 0. The van der Waals surface area contributed by atoms with Crippen molar-refractivity contribution in [1.29, 1.82) is 0 Å². The largest absolute Gasteiger partial charge is 0.467 e. The predicted molar refractivity (Wildman–Crippen MR) is 90.2 cm³/mol. The predicted octanol–water partition coefficient (Wildman–Crippen LogP) is 2.04. The summed E-state index contributed by atoms with van der Waals surface area (Å²) in [6, 6.07) is 7.47. The van der Waals surface area contributed by atoms with Gasteiger partial charge in [-0.15, -0.1) is 0 Å². The first-order valence-electron chi connectivity index (χ1n) is 8.52. The third-order valence-electron chi connectivity index (χ3n) is 4.48. The van der Waals surface area contributed by atoms with Crippen molar-refractivity contribution in [2.24, 2.45) is 0 Å². The fraction of sp³-hybridized carbons (Fsp3) is 0.500. The van der Waals surface area contributed by atoms with E-state index in [1.165, 1.54) is 0 Å². The molecule has 1 amide bonds. The molecule has 0 N–H and O–H groups in total. The van der Waals surface area contributed by atoms with E-state index < -0.39 is 0 Å². The van der Waals surface area contributed by atoms with Crippen molar-refractivity contribution >= 4 is 5.91 Å². The molecule has 24 heavy (non-hydrogen) atoms. The zero-order chi connectivity index (χ0) is 16.8. The lowest BCUT2D eigenvalue weighted by atomic mass is 10.3. The second-order valence-corrected chi connectivity index (χ2v) is 6.12. The number of furan rings is 2. The van der Waals surface area contributed by atoms with E-state index in [1.54, 1.807) is 17.4 Å². The zero-order valence-electron chi connectivity index (χ0n) is 14.2. The Morgan fingerprint density at radius 2 is 1.54 bits per heavy atom. The number of carbonyl (C=O) groups excluding carboxylic acids is 1. The third kappa shape index (κ3) is 4.49. The van der Waals surface area contributed by atoms with Gasteiger partial charge in [-0.2, -0.15) is 0 Å². The summed E-state index contributed by atoms with van der Waals surface area (Å²) in [4.78, 5) is 19.2. The minimum atomic E-state index is 0.104. The van der Waals surface area contributed by atoms with Crippen LogP contribution >= 0.6 is 0 Å². The van der Waals surface area contributed by atoms with E-state index in [0.29, 0.717) is 19.6 Å². The maximum Gasteiger partial charge on any atom is 0.237 e. The number of hydrogen-bond acceptors (Lipinski definition) is 5. The molecule has 0 unspecified atom stereocenters. The Bertz CT molecular complexity index is 565. The molecule has 0 aromatic carbocycles. The van der Waals surface area contributed by atoms with Gasteiger partial charge in [0.05, 0.1) is 32.2 Å². The Balaban J connectivity index is 1.60. The highest BCUT2D eigenvalue weighted by Gasteiger charge is 2.22. The summed E-state index contributed by atoms with van der Waals surface area (Å²) in [6.07, 6.45) is 3.27. The van der Waals surface area contributed by atoms with Crippen molar-refractivity contribution in [1.82, 2.24) is 14.7 Å². The van der Waals surface area contributed by atoms with Crippen LogP contribution in [0.2, 0.25) is 0 Å². The molecule has 1 saturated heterocycles. The van der Waals surface area contributed by atoms with Crippen LogP contribution < -0.4 is 0 Å². The van der Waals surface area contributed by atoms with Crippen LogP contribution in [-0.4, -0.2) is 59.9 Å². The first-order chi connectivity index (χ1) is 11.7. The van der Waals surface area contributed by atoms with Gasteiger partial charge in [0.1, 0.15) is 11.5 Å². The fourth-order valence-corrected chi connectivity index (χ4v) is 2.97. The minimum absolute atomic E-state index is 0.104. The molecular formula is C18H25N3O3. The van der Waals surface area contributed by atoms with Gasteiger partial charge in [0.15, 0.2) is 0 Å². The van der Waals surface area contributed by atoms with E-state index in [9.17, 15) is 4.79 Å². The third-order valence-corrected chi connectivity index (χ3v) is 4.48. The van der Waals surface area contributed by atoms with Gasteiger partial charge >= 0.3 is 0 Å². The smallest absolute Gasteiger partial charge is 0.237 e. The lowest BCUT2D eigenvalue weighted by Crippen LogP contribution is -2.49.